The predicted molar refractivity (Wildman–Crippen MR) is 106 cm³/mol. The Morgan fingerprint density at radius 2 is 1.80 bits per heavy atom. The van der Waals surface area contributed by atoms with E-state index in [0.29, 0.717) is 11.7 Å². The summed E-state index contributed by atoms with van der Waals surface area (Å²) in [5.74, 6) is 1.61. The quantitative estimate of drug-likeness (QED) is 0.471. The smallest absolute Gasteiger partial charge is 0.187 e. The third-order valence-corrected chi connectivity index (χ3v) is 3.92. The van der Waals surface area contributed by atoms with Gasteiger partial charge in [-0.3, -0.25) is 5.43 Å². The number of rotatable bonds is 6. The molecule has 0 heterocycles. The Balaban J connectivity index is 1.93. The minimum atomic E-state index is 0.460. The summed E-state index contributed by atoms with van der Waals surface area (Å²) in [5.41, 5.74) is 6.86. The number of benzene rings is 2. The van der Waals surface area contributed by atoms with E-state index in [9.17, 15) is 0 Å². The normalized spacial score (nSPS) is 11.0. The highest BCUT2D eigenvalue weighted by atomic mass is 32.1. The fraction of sp³-hybridized carbons (Fsp3) is 0.263. The molecule has 0 spiro atoms. The van der Waals surface area contributed by atoms with Gasteiger partial charge in [0.1, 0.15) is 11.5 Å². The van der Waals surface area contributed by atoms with Crippen molar-refractivity contribution in [2.24, 2.45) is 5.10 Å². The highest BCUT2D eigenvalue weighted by Crippen LogP contribution is 2.20. The largest absolute Gasteiger partial charge is 0.497 e. The van der Waals surface area contributed by atoms with Crippen LogP contribution in [-0.4, -0.2) is 25.0 Å². The number of aryl methyl sites for hydroxylation is 1. The van der Waals surface area contributed by atoms with Gasteiger partial charge in [-0.1, -0.05) is 23.8 Å². The van der Waals surface area contributed by atoms with Crippen molar-refractivity contribution in [3.8, 4) is 11.5 Å². The van der Waals surface area contributed by atoms with Crippen LogP contribution in [-0.2, 0) is 6.54 Å². The van der Waals surface area contributed by atoms with E-state index in [1.54, 1.807) is 14.2 Å². The molecule has 0 aliphatic heterocycles. The molecule has 5 nitrogen and oxygen atoms in total. The lowest BCUT2D eigenvalue weighted by Gasteiger charge is -2.11. The van der Waals surface area contributed by atoms with Crippen molar-refractivity contribution in [2.75, 3.05) is 14.2 Å². The van der Waals surface area contributed by atoms with E-state index in [0.717, 1.165) is 33.9 Å². The maximum absolute atomic E-state index is 5.39. The number of ether oxygens (including phenoxy) is 2. The van der Waals surface area contributed by atoms with Crippen LogP contribution >= 0.6 is 12.2 Å². The van der Waals surface area contributed by atoms with Crippen molar-refractivity contribution >= 4 is 23.0 Å². The second kappa shape index (κ2) is 9.03. The second-order valence-electron chi connectivity index (χ2n) is 5.54. The van der Waals surface area contributed by atoms with Crippen LogP contribution in [0.1, 0.15) is 23.6 Å². The van der Waals surface area contributed by atoms with Crippen molar-refractivity contribution in [3.63, 3.8) is 0 Å². The minimum absolute atomic E-state index is 0.460. The van der Waals surface area contributed by atoms with E-state index in [2.05, 4.69) is 15.8 Å². The van der Waals surface area contributed by atoms with Gasteiger partial charge in [0.25, 0.3) is 0 Å². The van der Waals surface area contributed by atoms with Crippen molar-refractivity contribution < 1.29 is 9.47 Å². The third kappa shape index (κ3) is 5.46. The maximum atomic E-state index is 5.39. The molecule has 0 aromatic heterocycles. The summed E-state index contributed by atoms with van der Waals surface area (Å²) < 4.78 is 10.5. The molecule has 0 amide bonds. The van der Waals surface area contributed by atoms with E-state index in [1.807, 2.05) is 56.3 Å². The highest BCUT2D eigenvalue weighted by molar-refractivity contribution is 7.80. The first-order valence-corrected chi connectivity index (χ1v) is 8.30. The van der Waals surface area contributed by atoms with Gasteiger partial charge in [-0.15, -0.1) is 0 Å². The summed E-state index contributed by atoms with van der Waals surface area (Å²) in [4.78, 5) is 0. The average Bonchev–Trinajstić information content (AvgIpc) is 2.64. The van der Waals surface area contributed by atoms with E-state index in [4.69, 9.17) is 21.7 Å². The molecule has 132 valence electrons. The highest BCUT2D eigenvalue weighted by Gasteiger charge is 2.07. The first kappa shape index (κ1) is 18.7. The Labute approximate surface area is 154 Å². The second-order valence-corrected chi connectivity index (χ2v) is 5.95. The Bertz CT molecular complexity index is 758. The Kier molecular flexibility index (Phi) is 6.77. The van der Waals surface area contributed by atoms with Crippen LogP contribution in [0.2, 0.25) is 0 Å². The van der Waals surface area contributed by atoms with Crippen LogP contribution in [0.5, 0.6) is 11.5 Å². The zero-order valence-corrected chi connectivity index (χ0v) is 15.7. The molecule has 0 saturated carbocycles. The molecular formula is C19H23N3O2S. The van der Waals surface area contributed by atoms with E-state index < -0.39 is 0 Å². The molecule has 0 atom stereocenters. The fourth-order valence-corrected chi connectivity index (χ4v) is 2.38. The van der Waals surface area contributed by atoms with Gasteiger partial charge in [0.2, 0.25) is 0 Å². The summed E-state index contributed by atoms with van der Waals surface area (Å²) in [6, 6.07) is 13.8. The summed E-state index contributed by atoms with van der Waals surface area (Å²) in [5, 5.41) is 7.93. The molecule has 2 rings (SSSR count). The zero-order valence-electron chi connectivity index (χ0n) is 14.9. The summed E-state index contributed by atoms with van der Waals surface area (Å²) >= 11 is 5.27. The molecule has 0 aliphatic carbocycles. The molecule has 0 aliphatic rings. The van der Waals surface area contributed by atoms with Crippen LogP contribution < -0.4 is 20.2 Å². The van der Waals surface area contributed by atoms with Crippen molar-refractivity contribution in [1.82, 2.24) is 10.7 Å². The summed E-state index contributed by atoms with van der Waals surface area (Å²) in [6.07, 6.45) is 0. The lowest BCUT2D eigenvalue weighted by Crippen LogP contribution is -2.32. The van der Waals surface area contributed by atoms with Gasteiger partial charge in [0.05, 0.1) is 19.9 Å². The van der Waals surface area contributed by atoms with Gasteiger partial charge in [-0.25, -0.2) is 0 Å². The molecular weight excluding hydrogens is 334 g/mol. The van der Waals surface area contributed by atoms with Gasteiger partial charge in [-0.05, 0) is 55.9 Å². The molecule has 25 heavy (non-hydrogen) atoms. The number of thiocarbonyl (C=S) groups is 1. The van der Waals surface area contributed by atoms with Crippen LogP contribution in [0.15, 0.2) is 47.6 Å². The minimum Gasteiger partial charge on any atom is -0.497 e. The summed E-state index contributed by atoms with van der Waals surface area (Å²) in [7, 11) is 3.30. The molecule has 6 heteroatoms. The first-order chi connectivity index (χ1) is 12.0. The van der Waals surface area contributed by atoms with Crippen LogP contribution in [0.4, 0.5) is 0 Å². The fourth-order valence-electron chi connectivity index (χ4n) is 2.26. The van der Waals surface area contributed by atoms with Crippen LogP contribution in [0.3, 0.4) is 0 Å². The lowest BCUT2D eigenvalue weighted by atomic mass is 10.1. The number of hydrogen-bond acceptors (Lipinski definition) is 4. The maximum Gasteiger partial charge on any atom is 0.187 e. The van der Waals surface area contributed by atoms with Crippen LogP contribution in [0, 0.1) is 6.92 Å². The zero-order chi connectivity index (χ0) is 18.2. The average molecular weight is 357 g/mol. The molecule has 2 aromatic rings. The van der Waals surface area contributed by atoms with Gasteiger partial charge in [0, 0.05) is 12.1 Å². The molecule has 0 radical (unpaired) electrons. The van der Waals surface area contributed by atoms with Gasteiger partial charge < -0.3 is 14.8 Å². The number of methoxy groups -OCH3 is 2. The van der Waals surface area contributed by atoms with Gasteiger partial charge in [-0.2, -0.15) is 5.10 Å². The molecule has 0 fully saturated rings. The Morgan fingerprint density at radius 1 is 1.08 bits per heavy atom. The number of nitrogens with one attached hydrogen (secondary N) is 2. The van der Waals surface area contributed by atoms with Crippen molar-refractivity contribution in [1.29, 1.82) is 0 Å². The SMILES string of the molecule is COc1ccc(CNC(=S)N/N=C(/C)c2cc(C)ccc2OC)cc1. The number of hydrogen-bond donors (Lipinski definition) is 2. The standard InChI is InChI=1S/C19H23N3O2S/c1-13-5-10-18(24-4)17(11-13)14(2)21-22-19(25)20-12-15-6-8-16(23-3)9-7-15/h5-11H,12H2,1-4H3,(H2,20,22,25)/b21-14-. The Morgan fingerprint density at radius 3 is 2.44 bits per heavy atom. The first-order valence-electron chi connectivity index (χ1n) is 7.89. The Hall–Kier alpha value is -2.60. The number of hydrazone groups is 1. The molecule has 2 N–H and O–H groups in total. The van der Waals surface area contributed by atoms with E-state index in [1.165, 1.54) is 0 Å². The van der Waals surface area contributed by atoms with Crippen molar-refractivity contribution in [2.45, 2.75) is 20.4 Å². The molecule has 0 unspecified atom stereocenters. The third-order valence-electron chi connectivity index (χ3n) is 3.68. The van der Waals surface area contributed by atoms with E-state index >= 15 is 0 Å². The van der Waals surface area contributed by atoms with E-state index in [-0.39, 0.29) is 0 Å². The molecule has 2 aromatic carbocycles. The monoisotopic (exact) mass is 357 g/mol. The molecule has 0 saturated heterocycles. The van der Waals surface area contributed by atoms with Gasteiger partial charge in [0.15, 0.2) is 5.11 Å². The topological polar surface area (TPSA) is 54.9 Å². The number of nitrogens with zero attached hydrogens (tertiary/aromatic N) is 1. The molecule has 0 bridgehead atoms. The predicted octanol–water partition coefficient (Wildman–Crippen LogP) is 3.40. The summed E-state index contributed by atoms with van der Waals surface area (Å²) in [6.45, 7) is 4.55. The van der Waals surface area contributed by atoms with Crippen molar-refractivity contribution in [3.05, 3.63) is 59.2 Å². The lowest BCUT2D eigenvalue weighted by molar-refractivity contribution is 0.414. The van der Waals surface area contributed by atoms with Gasteiger partial charge >= 0.3 is 0 Å². The van der Waals surface area contributed by atoms with Crippen LogP contribution in [0.25, 0.3) is 0 Å².